The molecule has 0 spiro atoms. The lowest BCUT2D eigenvalue weighted by Gasteiger charge is -2.09. The van der Waals surface area contributed by atoms with Crippen molar-refractivity contribution < 1.29 is 17.6 Å². The average Bonchev–Trinajstić information content (AvgIpc) is 2.73. The molecule has 1 N–H and O–H groups in total. The van der Waals surface area contributed by atoms with E-state index in [0.29, 0.717) is 10.7 Å². The lowest BCUT2D eigenvalue weighted by molar-refractivity contribution is -0.145. The predicted octanol–water partition coefficient (Wildman–Crippen LogP) is 3.59. The monoisotopic (exact) mass is 289 g/mol. The Labute approximate surface area is 111 Å². The molecule has 0 amide bonds. The van der Waals surface area contributed by atoms with E-state index in [2.05, 4.69) is 15.3 Å². The molecule has 2 aromatic heterocycles. The third kappa shape index (κ3) is 3.19. The van der Waals surface area contributed by atoms with Crippen molar-refractivity contribution in [1.29, 1.82) is 0 Å². The molecule has 0 bridgehead atoms. The van der Waals surface area contributed by atoms with Crippen LogP contribution in [0.3, 0.4) is 0 Å². The van der Waals surface area contributed by atoms with Crippen LogP contribution in [0, 0.1) is 6.92 Å². The van der Waals surface area contributed by atoms with Crippen molar-refractivity contribution >= 4 is 17.6 Å². The fourth-order valence-electron chi connectivity index (χ4n) is 1.32. The molecule has 4 nitrogen and oxygen atoms in total. The SMILES string of the molecule is CNc1cc(Sc2ccoc2C)nc(C(F)(F)F)n1. The van der Waals surface area contributed by atoms with Crippen molar-refractivity contribution in [2.75, 3.05) is 12.4 Å². The smallest absolute Gasteiger partial charge is 0.451 e. The van der Waals surface area contributed by atoms with E-state index in [4.69, 9.17) is 4.42 Å². The predicted molar refractivity (Wildman–Crippen MR) is 64.1 cm³/mol. The molecule has 0 unspecified atom stereocenters. The molecule has 0 aliphatic heterocycles. The first kappa shape index (κ1) is 13.7. The highest BCUT2D eigenvalue weighted by Gasteiger charge is 2.35. The molecule has 0 fully saturated rings. The first-order valence-electron chi connectivity index (χ1n) is 5.26. The van der Waals surface area contributed by atoms with Crippen LogP contribution >= 0.6 is 11.8 Å². The summed E-state index contributed by atoms with van der Waals surface area (Å²) in [7, 11) is 1.50. The Hall–Kier alpha value is -1.70. The second-order valence-electron chi connectivity index (χ2n) is 3.61. The van der Waals surface area contributed by atoms with E-state index in [-0.39, 0.29) is 10.8 Å². The number of nitrogens with one attached hydrogen (secondary N) is 1. The summed E-state index contributed by atoms with van der Waals surface area (Å²) in [5, 5.41) is 2.79. The highest BCUT2D eigenvalue weighted by Crippen LogP contribution is 2.33. The summed E-state index contributed by atoms with van der Waals surface area (Å²) in [6.45, 7) is 1.73. The van der Waals surface area contributed by atoms with Gasteiger partial charge in [-0.1, -0.05) is 11.8 Å². The van der Waals surface area contributed by atoms with Crippen LogP contribution in [0.25, 0.3) is 0 Å². The van der Waals surface area contributed by atoms with Gasteiger partial charge >= 0.3 is 6.18 Å². The minimum atomic E-state index is -4.58. The largest absolute Gasteiger partial charge is 0.468 e. The number of hydrogen-bond acceptors (Lipinski definition) is 5. The van der Waals surface area contributed by atoms with Crippen LogP contribution in [-0.2, 0) is 6.18 Å². The number of anilines is 1. The molecule has 2 aromatic rings. The number of alkyl halides is 3. The van der Waals surface area contributed by atoms with Gasteiger partial charge in [-0.25, -0.2) is 9.97 Å². The van der Waals surface area contributed by atoms with E-state index < -0.39 is 12.0 Å². The van der Waals surface area contributed by atoms with Gasteiger partial charge in [0.15, 0.2) is 0 Å². The number of rotatable bonds is 3. The van der Waals surface area contributed by atoms with Crippen LogP contribution in [0.15, 0.2) is 32.7 Å². The van der Waals surface area contributed by atoms with Crippen molar-refractivity contribution in [3.8, 4) is 0 Å². The minimum Gasteiger partial charge on any atom is -0.468 e. The van der Waals surface area contributed by atoms with Gasteiger partial charge in [0.2, 0.25) is 5.82 Å². The number of aromatic nitrogens is 2. The molecule has 2 heterocycles. The summed E-state index contributed by atoms with van der Waals surface area (Å²) < 4.78 is 43.1. The molecular formula is C11H10F3N3OS. The third-order valence-corrected chi connectivity index (χ3v) is 3.30. The van der Waals surface area contributed by atoms with E-state index in [0.717, 1.165) is 11.8 Å². The van der Waals surface area contributed by atoms with E-state index >= 15 is 0 Å². The van der Waals surface area contributed by atoms with Crippen LogP contribution < -0.4 is 5.32 Å². The first-order valence-corrected chi connectivity index (χ1v) is 6.08. The van der Waals surface area contributed by atoms with Gasteiger partial charge in [-0.05, 0) is 13.0 Å². The van der Waals surface area contributed by atoms with E-state index in [1.54, 1.807) is 13.0 Å². The Bertz CT molecular complexity index is 583. The molecule has 0 radical (unpaired) electrons. The standard InChI is InChI=1S/C11H10F3N3OS/c1-6-7(3-4-18-6)19-9-5-8(15-2)16-10(17-9)11(12,13)14/h3-5H,1-2H3,(H,15,16,17). The van der Waals surface area contributed by atoms with Gasteiger partial charge in [-0.15, -0.1) is 0 Å². The van der Waals surface area contributed by atoms with Gasteiger partial charge in [0.25, 0.3) is 0 Å². The van der Waals surface area contributed by atoms with E-state index in [1.807, 2.05) is 0 Å². The van der Waals surface area contributed by atoms with E-state index in [9.17, 15) is 13.2 Å². The van der Waals surface area contributed by atoms with Crippen LogP contribution in [0.1, 0.15) is 11.6 Å². The third-order valence-electron chi connectivity index (χ3n) is 2.24. The molecule has 0 aliphatic carbocycles. The summed E-state index contributed by atoms with van der Waals surface area (Å²) in [5.74, 6) is -0.419. The summed E-state index contributed by atoms with van der Waals surface area (Å²) in [5.41, 5.74) is 0. The number of aryl methyl sites for hydroxylation is 1. The average molecular weight is 289 g/mol. The van der Waals surface area contributed by atoms with Crippen LogP contribution in [-0.4, -0.2) is 17.0 Å². The van der Waals surface area contributed by atoms with Crippen molar-refractivity contribution in [2.24, 2.45) is 0 Å². The summed E-state index contributed by atoms with van der Waals surface area (Å²) in [6.07, 6.45) is -3.10. The Kier molecular flexibility index (Phi) is 3.70. The zero-order chi connectivity index (χ0) is 14.0. The molecule has 102 valence electrons. The quantitative estimate of drug-likeness (QED) is 0.875. The lowest BCUT2D eigenvalue weighted by Crippen LogP contribution is -2.12. The van der Waals surface area contributed by atoms with Crippen LogP contribution in [0.5, 0.6) is 0 Å². The first-order chi connectivity index (χ1) is 8.90. The summed E-state index contributed by atoms with van der Waals surface area (Å²) in [6, 6.07) is 3.13. The highest BCUT2D eigenvalue weighted by molar-refractivity contribution is 7.99. The molecule has 19 heavy (non-hydrogen) atoms. The maximum absolute atomic E-state index is 12.7. The van der Waals surface area contributed by atoms with Gasteiger partial charge in [-0.3, -0.25) is 0 Å². The normalized spacial score (nSPS) is 11.6. The zero-order valence-electron chi connectivity index (χ0n) is 10.1. The van der Waals surface area contributed by atoms with Gasteiger partial charge < -0.3 is 9.73 Å². The number of halogens is 3. The zero-order valence-corrected chi connectivity index (χ0v) is 10.9. The second kappa shape index (κ2) is 5.12. The highest BCUT2D eigenvalue weighted by atomic mass is 32.2. The van der Waals surface area contributed by atoms with E-state index in [1.165, 1.54) is 19.4 Å². The molecule has 0 atom stereocenters. The van der Waals surface area contributed by atoms with Crippen molar-refractivity contribution in [1.82, 2.24) is 9.97 Å². The number of hydrogen-bond donors (Lipinski definition) is 1. The Morgan fingerprint density at radius 1 is 1.32 bits per heavy atom. The number of furan rings is 1. The molecule has 8 heteroatoms. The molecule has 0 saturated heterocycles. The van der Waals surface area contributed by atoms with Gasteiger partial charge in [0, 0.05) is 13.1 Å². The maximum Gasteiger partial charge on any atom is 0.451 e. The summed E-state index contributed by atoms with van der Waals surface area (Å²) in [4.78, 5) is 7.62. The molecule has 0 aliphatic rings. The van der Waals surface area contributed by atoms with Crippen LogP contribution in [0.4, 0.5) is 19.0 Å². The molecule has 2 rings (SSSR count). The summed E-state index contributed by atoms with van der Waals surface area (Å²) >= 11 is 1.10. The molecule has 0 saturated carbocycles. The Balaban J connectivity index is 2.37. The van der Waals surface area contributed by atoms with Gasteiger partial charge in [-0.2, -0.15) is 13.2 Å². The Morgan fingerprint density at radius 3 is 2.58 bits per heavy atom. The van der Waals surface area contributed by atoms with Crippen LogP contribution in [0.2, 0.25) is 0 Å². The lowest BCUT2D eigenvalue weighted by atomic mass is 10.5. The fraction of sp³-hybridized carbons (Fsp3) is 0.273. The van der Waals surface area contributed by atoms with Crippen molar-refractivity contribution in [2.45, 2.75) is 23.0 Å². The van der Waals surface area contributed by atoms with Gasteiger partial charge in [0.05, 0.1) is 11.2 Å². The van der Waals surface area contributed by atoms with Gasteiger partial charge in [0.1, 0.15) is 16.6 Å². The molecule has 0 aromatic carbocycles. The van der Waals surface area contributed by atoms with Crippen molar-refractivity contribution in [3.05, 3.63) is 30.0 Å². The number of nitrogens with zero attached hydrogens (tertiary/aromatic N) is 2. The molecular weight excluding hydrogens is 279 g/mol. The second-order valence-corrected chi connectivity index (χ2v) is 4.67. The van der Waals surface area contributed by atoms with Crippen molar-refractivity contribution in [3.63, 3.8) is 0 Å². The fourth-order valence-corrected chi connectivity index (χ4v) is 2.17. The Morgan fingerprint density at radius 2 is 2.05 bits per heavy atom. The topological polar surface area (TPSA) is 51.0 Å². The maximum atomic E-state index is 12.7. The minimum absolute atomic E-state index is 0.117.